The second kappa shape index (κ2) is 11.3. The second-order valence-corrected chi connectivity index (χ2v) is 5.57. The van der Waals surface area contributed by atoms with Gasteiger partial charge in [0, 0.05) is 0 Å². The van der Waals surface area contributed by atoms with Gasteiger partial charge in [0.2, 0.25) is 0 Å². The molecule has 3 aromatic rings. The molecule has 0 atom stereocenters. The molecule has 0 N–H and O–H groups in total. The van der Waals surface area contributed by atoms with Crippen molar-refractivity contribution in [2.75, 3.05) is 0 Å². The van der Waals surface area contributed by atoms with E-state index in [1.807, 2.05) is 41.5 Å². The van der Waals surface area contributed by atoms with Crippen molar-refractivity contribution in [2.24, 2.45) is 0 Å². The highest BCUT2D eigenvalue weighted by Gasteiger charge is 2.17. The van der Waals surface area contributed by atoms with Gasteiger partial charge in [-0.2, -0.15) is 0 Å². The van der Waals surface area contributed by atoms with E-state index in [0.29, 0.717) is 0 Å². The van der Waals surface area contributed by atoms with Crippen LogP contribution in [-0.2, 0) is 6.42 Å². The molecule has 4 rings (SSSR count). The van der Waals surface area contributed by atoms with Gasteiger partial charge in [0.15, 0.2) is 0 Å². The van der Waals surface area contributed by atoms with Gasteiger partial charge in [0.1, 0.15) is 0 Å². The summed E-state index contributed by atoms with van der Waals surface area (Å²) in [5, 5.41) is 0. The van der Waals surface area contributed by atoms with Crippen LogP contribution >= 0.6 is 0 Å². The fourth-order valence-corrected chi connectivity index (χ4v) is 3.05. The van der Waals surface area contributed by atoms with E-state index in [1.165, 1.54) is 38.9 Å². The van der Waals surface area contributed by atoms with Gasteiger partial charge in [-0.25, -0.2) is 0 Å². The maximum absolute atomic E-state index is 2.34. The molecule has 0 spiro atoms. The van der Waals surface area contributed by atoms with Crippen molar-refractivity contribution in [3.8, 4) is 22.3 Å². The van der Waals surface area contributed by atoms with Gasteiger partial charge in [-0.15, -0.1) is 0 Å². The summed E-state index contributed by atoms with van der Waals surface area (Å²) in [5.74, 6) is 0. The molecule has 0 fully saturated rings. The molecule has 0 amide bonds. The standard InChI is InChI=1S/C20H16.3C2H6/c1-14-6-8-15(9-7-14)16-10-11-18-12-17-4-2-3-5-19(17)20(18)13-16;3*1-2/h2-11,13H,12H2,1H3;3*1-2H3. The molecule has 0 nitrogen and oxygen atoms in total. The summed E-state index contributed by atoms with van der Waals surface area (Å²) in [5.41, 5.74) is 9.60. The van der Waals surface area contributed by atoms with E-state index in [0.717, 1.165) is 6.42 Å². The second-order valence-electron chi connectivity index (χ2n) is 5.57. The number of rotatable bonds is 1. The first-order valence-corrected chi connectivity index (χ1v) is 10.1. The molecule has 0 heteroatoms. The maximum atomic E-state index is 2.34. The van der Waals surface area contributed by atoms with Crippen molar-refractivity contribution in [1.29, 1.82) is 0 Å². The third-order valence-electron chi connectivity index (χ3n) is 4.18. The lowest BCUT2D eigenvalue weighted by Gasteiger charge is -2.06. The van der Waals surface area contributed by atoms with Crippen LogP contribution in [0.2, 0.25) is 0 Å². The average molecular weight is 347 g/mol. The zero-order chi connectivity index (χ0) is 19.5. The highest BCUT2D eigenvalue weighted by molar-refractivity contribution is 5.81. The number of hydrogen-bond donors (Lipinski definition) is 0. The van der Waals surface area contributed by atoms with Crippen LogP contribution in [0.15, 0.2) is 66.7 Å². The highest BCUT2D eigenvalue weighted by atomic mass is 14.2. The first-order chi connectivity index (χ1) is 12.8. The van der Waals surface area contributed by atoms with E-state index in [1.54, 1.807) is 0 Å². The van der Waals surface area contributed by atoms with E-state index in [-0.39, 0.29) is 0 Å². The predicted molar refractivity (Wildman–Crippen MR) is 119 cm³/mol. The van der Waals surface area contributed by atoms with Gasteiger partial charge in [-0.3, -0.25) is 0 Å². The quantitative estimate of drug-likeness (QED) is 0.325. The summed E-state index contributed by atoms with van der Waals surface area (Å²) in [4.78, 5) is 0. The minimum Gasteiger partial charge on any atom is -0.0683 e. The maximum Gasteiger partial charge on any atom is -0.00134 e. The lowest BCUT2D eigenvalue weighted by Crippen LogP contribution is -1.83. The van der Waals surface area contributed by atoms with Crippen LogP contribution in [0.1, 0.15) is 58.2 Å². The Labute approximate surface area is 160 Å². The van der Waals surface area contributed by atoms with E-state index in [4.69, 9.17) is 0 Å². The monoisotopic (exact) mass is 346 g/mol. The molecule has 0 saturated heterocycles. The molecule has 1 aliphatic rings. The summed E-state index contributed by atoms with van der Waals surface area (Å²) < 4.78 is 0. The zero-order valence-electron chi connectivity index (χ0n) is 17.6. The van der Waals surface area contributed by atoms with Crippen molar-refractivity contribution >= 4 is 0 Å². The molecule has 0 bridgehead atoms. The lowest BCUT2D eigenvalue weighted by molar-refractivity contribution is 1.26. The van der Waals surface area contributed by atoms with Crippen molar-refractivity contribution in [3.63, 3.8) is 0 Å². The third kappa shape index (κ3) is 4.85. The van der Waals surface area contributed by atoms with Crippen molar-refractivity contribution in [1.82, 2.24) is 0 Å². The Balaban J connectivity index is 0.000000515. The van der Waals surface area contributed by atoms with Crippen LogP contribution in [-0.4, -0.2) is 0 Å². The van der Waals surface area contributed by atoms with Crippen LogP contribution in [0.3, 0.4) is 0 Å². The first-order valence-electron chi connectivity index (χ1n) is 10.1. The molecule has 26 heavy (non-hydrogen) atoms. The van der Waals surface area contributed by atoms with Crippen LogP contribution < -0.4 is 0 Å². The van der Waals surface area contributed by atoms with Crippen molar-refractivity contribution in [3.05, 3.63) is 83.4 Å². The normalized spacial score (nSPS) is 9.96. The lowest BCUT2D eigenvalue weighted by atomic mass is 9.98. The smallest absolute Gasteiger partial charge is 0.00134 e. The fourth-order valence-electron chi connectivity index (χ4n) is 3.05. The Kier molecular flexibility index (Phi) is 9.44. The minimum absolute atomic E-state index is 1.07. The van der Waals surface area contributed by atoms with Gasteiger partial charge in [0.25, 0.3) is 0 Å². The van der Waals surface area contributed by atoms with Crippen LogP contribution in [0.4, 0.5) is 0 Å². The van der Waals surface area contributed by atoms with E-state index in [9.17, 15) is 0 Å². The van der Waals surface area contributed by atoms with Gasteiger partial charge >= 0.3 is 0 Å². The first kappa shape index (κ1) is 21.7. The van der Waals surface area contributed by atoms with Crippen LogP contribution in [0.25, 0.3) is 22.3 Å². The minimum atomic E-state index is 1.07. The molecule has 1 aliphatic carbocycles. The summed E-state index contributed by atoms with van der Waals surface area (Å²) in [6.45, 7) is 14.1. The number of benzene rings is 3. The summed E-state index contributed by atoms with van der Waals surface area (Å²) in [6, 6.07) is 24.4. The summed E-state index contributed by atoms with van der Waals surface area (Å²) >= 11 is 0. The van der Waals surface area contributed by atoms with Gasteiger partial charge in [-0.05, 0) is 52.8 Å². The summed E-state index contributed by atoms with van der Waals surface area (Å²) in [7, 11) is 0. The molecule has 0 heterocycles. The molecule has 0 aromatic heterocycles. The molecule has 3 aromatic carbocycles. The molecule has 0 radical (unpaired) electrons. The van der Waals surface area contributed by atoms with Crippen molar-refractivity contribution in [2.45, 2.75) is 54.9 Å². The van der Waals surface area contributed by atoms with Crippen LogP contribution in [0, 0.1) is 6.92 Å². The van der Waals surface area contributed by atoms with E-state index in [2.05, 4.69) is 73.7 Å². The van der Waals surface area contributed by atoms with Crippen LogP contribution in [0.5, 0.6) is 0 Å². The summed E-state index contributed by atoms with van der Waals surface area (Å²) in [6.07, 6.45) is 1.07. The van der Waals surface area contributed by atoms with Gasteiger partial charge in [0.05, 0.1) is 0 Å². The fraction of sp³-hybridized carbons (Fsp3) is 0.308. The average Bonchev–Trinajstić information content (AvgIpc) is 3.11. The highest BCUT2D eigenvalue weighted by Crippen LogP contribution is 2.38. The Morgan fingerprint density at radius 1 is 0.538 bits per heavy atom. The zero-order valence-corrected chi connectivity index (χ0v) is 17.6. The van der Waals surface area contributed by atoms with Gasteiger partial charge in [-0.1, -0.05) is 108 Å². The number of fused-ring (bicyclic) bond motifs is 3. The molecule has 138 valence electrons. The largest absolute Gasteiger partial charge is 0.0683 e. The molecule has 0 aliphatic heterocycles. The molecule has 0 unspecified atom stereocenters. The van der Waals surface area contributed by atoms with E-state index < -0.39 is 0 Å². The van der Waals surface area contributed by atoms with Gasteiger partial charge < -0.3 is 0 Å². The van der Waals surface area contributed by atoms with Crippen molar-refractivity contribution < 1.29 is 0 Å². The molecular formula is C26H34. The Morgan fingerprint density at radius 2 is 1.08 bits per heavy atom. The third-order valence-corrected chi connectivity index (χ3v) is 4.18. The number of hydrogen-bond acceptors (Lipinski definition) is 0. The molecule has 0 saturated carbocycles. The Morgan fingerprint density at radius 3 is 1.73 bits per heavy atom. The van der Waals surface area contributed by atoms with E-state index >= 15 is 0 Å². The molecular weight excluding hydrogens is 312 g/mol. The Bertz CT molecular complexity index is 779. The number of aryl methyl sites for hydroxylation is 1. The SMILES string of the molecule is CC.CC.CC.Cc1ccc(-c2ccc3c(c2)-c2ccccc2C3)cc1. The predicted octanol–water partition coefficient (Wildman–Crippen LogP) is 8.31. The Hall–Kier alpha value is -2.34. The topological polar surface area (TPSA) is 0 Å².